The predicted molar refractivity (Wildman–Crippen MR) is 106 cm³/mol. The fourth-order valence-corrected chi connectivity index (χ4v) is 3.81. The molecule has 0 aromatic carbocycles. The summed E-state index contributed by atoms with van der Waals surface area (Å²) in [6.07, 6.45) is 4.62. The molecule has 0 spiro atoms. The number of nitrogens with zero attached hydrogens (tertiary/aromatic N) is 5. The predicted octanol–water partition coefficient (Wildman–Crippen LogP) is 0.672. The van der Waals surface area contributed by atoms with Crippen LogP contribution in [0.3, 0.4) is 0 Å². The highest BCUT2D eigenvalue weighted by Gasteiger charge is 2.18. The topological polar surface area (TPSA) is 158 Å². The van der Waals surface area contributed by atoms with Gasteiger partial charge >= 0.3 is 6.03 Å². The Balaban J connectivity index is 1.86. The molecule has 5 N–H and O–H groups in total. The Morgan fingerprint density at radius 3 is 3.00 bits per heavy atom. The van der Waals surface area contributed by atoms with Crippen molar-refractivity contribution in [1.29, 1.82) is 5.41 Å². The van der Waals surface area contributed by atoms with Gasteiger partial charge in [0.2, 0.25) is 0 Å². The molecule has 3 aromatic heterocycles. The lowest BCUT2D eigenvalue weighted by Gasteiger charge is -2.13. The van der Waals surface area contributed by atoms with Crippen LogP contribution < -0.4 is 11.1 Å². The maximum Gasteiger partial charge on any atom is 0.317 e. The van der Waals surface area contributed by atoms with Gasteiger partial charge in [-0.15, -0.1) is 11.3 Å². The van der Waals surface area contributed by atoms with Crippen molar-refractivity contribution >= 4 is 46.1 Å². The highest BCUT2D eigenvalue weighted by atomic mass is 32.1. The minimum absolute atomic E-state index is 0.0552. The lowest BCUT2D eigenvalue weighted by Crippen LogP contribution is -2.39. The van der Waals surface area contributed by atoms with Crippen LogP contribution in [0.4, 0.5) is 4.79 Å². The number of H-pyrrole nitrogens is 1. The molecule has 0 bridgehead atoms. The summed E-state index contributed by atoms with van der Waals surface area (Å²) in [5.41, 5.74) is 7.76. The van der Waals surface area contributed by atoms with E-state index < -0.39 is 6.03 Å². The van der Waals surface area contributed by atoms with Gasteiger partial charge in [-0.1, -0.05) is 0 Å². The largest absolute Gasteiger partial charge is 0.351 e. The highest BCUT2D eigenvalue weighted by molar-refractivity contribution is 7.19. The van der Waals surface area contributed by atoms with Gasteiger partial charge in [-0.2, -0.15) is 10.2 Å². The Morgan fingerprint density at radius 1 is 1.57 bits per heavy atom. The van der Waals surface area contributed by atoms with E-state index in [0.717, 1.165) is 21.7 Å². The molecular formula is C16H19N9O2S. The summed E-state index contributed by atoms with van der Waals surface area (Å²) >= 11 is 1.48. The molecule has 0 saturated heterocycles. The van der Waals surface area contributed by atoms with E-state index in [0.29, 0.717) is 23.3 Å². The van der Waals surface area contributed by atoms with Gasteiger partial charge in [0.1, 0.15) is 10.8 Å². The SMILES string of the molecule is CN(CC(=N)NC(N)=O)/N=C\c1c(C=O)n(C)c2nc(Cc3ccn[nH]3)sc12. The zero-order valence-corrected chi connectivity index (χ0v) is 16.1. The van der Waals surface area contributed by atoms with Gasteiger partial charge in [0.25, 0.3) is 0 Å². The van der Waals surface area contributed by atoms with Crippen molar-refractivity contribution in [2.75, 3.05) is 13.6 Å². The second-order valence-corrected chi connectivity index (χ2v) is 7.11. The number of thiazole rings is 1. The number of aromatic amines is 1. The van der Waals surface area contributed by atoms with Crippen LogP contribution in [-0.2, 0) is 13.5 Å². The molecule has 146 valence electrons. The zero-order valence-electron chi connectivity index (χ0n) is 15.3. The van der Waals surface area contributed by atoms with Crippen molar-refractivity contribution in [3.8, 4) is 0 Å². The van der Waals surface area contributed by atoms with Crippen LogP contribution in [0, 0.1) is 5.41 Å². The van der Waals surface area contributed by atoms with Crippen LogP contribution in [0.2, 0.25) is 0 Å². The van der Waals surface area contributed by atoms with E-state index in [4.69, 9.17) is 11.1 Å². The number of carbonyl (C=O) groups is 2. The summed E-state index contributed by atoms with van der Waals surface area (Å²) in [4.78, 5) is 27.0. The number of aryl methyl sites for hydroxylation is 1. The van der Waals surface area contributed by atoms with Crippen molar-refractivity contribution in [2.24, 2.45) is 17.9 Å². The van der Waals surface area contributed by atoms with Crippen molar-refractivity contribution in [1.82, 2.24) is 30.1 Å². The maximum absolute atomic E-state index is 11.6. The standard InChI is InChI=1S/C16H19N9O2S/c1-24(7-12(17)21-16(18)27)20-6-10-11(8-26)25(2)15-14(10)28-13(22-15)5-9-3-4-19-23-9/h3-4,6,8H,5,7H2,1-2H3,(H,19,23)(H4,17,18,21,27)/b20-6-. The number of fused-ring (bicyclic) bond motifs is 1. The zero-order chi connectivity index (χ0) is 20.3. The third-order valence-electron chi connectivity index (χ3n) is 3.91. The molecule has 0 radical (unpaired) electrons. The van der Waals surface area contributed by atoms with Crippen LogP contribution in [0.5, 0.6) is 0 Å². The number of nitrogens with two attached hydrogens (primary N) is 1. The monoisotopic (exact) mass is 401 g/mol. The Kier molecular flexibility index (Phi) is 5.49. The molecule has 0 saturated carbocycles. The minimum atomic E-state index is -0.801. The molecule has 0 fully saturated rings. The van der Waals surface area contributed by atoms with Gasteiger partial charge in [-0.05, 0) is 6.07 Å². The molecule has 0 unspecified atom stereocenters. The number of hydrogen-bond acceptors (Lipinski definition) is 8. The molecule has 0 aliphatic carbocycles. The molecule has 3 rings (SSSR count). The summed E-state index contributed by atoms with van der Waals surface area (Å²) in [7, 11) is 3.42. The molecule has 28 heavy (non-hydrogen) atoms. The second kappa shape index (κ2) is 8.00. The Morgan fingerprint density at radius 2 is 2.36 bits per heavy atom. The van der Waals surface area contributed by atoms with Gasteiger partial charge in [-0.3, -0.25) is 25.6 Å². The maximum atomic E-state index is 11.6. The number of hydrazone groups is 1. The molecule has 3 aromatic rings. The van der Waals surface area contributed by atoms with Gasteiger partial charge in [0, 0.05) is 38.0 Å². The average molecular weight is 401 g/mol. The lowest BCUT2D eigenvalue weighted by atomic mass is 10.3. The Labute approximate surface area is 163 Å². The molecule has 0 aliphatic heterocycles. The van der Waals surface area contributed by atoms with E-state index in [2.05, 4.69) is 25.6 Å². The molecule has 2 amide bonds. The lowest BCUT2D eigenvalue weighted by molar-refractivity contribution is 0.111. The van der Waals surface area contributed by atoms with E-state index in [-0.39, 0.29) is 12.4 Å². The number of likely N-dealkylation sites (N-methyl/N-ethyl adjacent to an activating group) is 1. The molecule has 0 atom stereocenters. The smallest absolute Gasteiger partial charge is 0.317 e. The van der Waals surface area contributed by atoms with Crippen LogP contribution in [-0.4, -0.2) is 62.7 Å². The molecule has 12 heteroatoms. The number of primary amides is 1. The first kappa shape index (κ1) is 19.2. The first-order chi connectivity index (χ1) is 13.4. The van der Waals surface area contributed by atoms with Crippen molar-refractivity contribution in [3.63, 3.8) is 0 Å². The average Bonchev–Trinajstić information content (AvgIpc) is 3.31. The van der Waals surface area contributed by atoms with Crippen molar-refractivity contribution in [2.45, 2.75) is 6.42 Å². The van der Waals surface area contributed by atoms with Crippen LogP contribution >= 0.6 is 11.3 Å². The number of aromatic nitrogens is 4. The number of rotatable bonds is 7. The van der Waals surface area contributed by atoms with Gasteiger partial charge in [0.15, 0.2) is 11.9 Å². The van der Waals surface area contributed by atoms with E-state index >= 15 is 0 Å². The van der Waals surface area contributed by atoms with Crippen LogP contribution in [0.15, 0.2) is 17.4 Å². The Bertz CT molecular complexity index is 1050. The van der Waals surface area contributed by atoms with E-state index in [1.807, 2.05) is 6.07 Å². The van der Waals surface area contributed by atoms with Crippen molar-refractivity contribution < 1.29 is 9.59 Å². The number of urea groups is 1. The molecule has 0 aliphatic rings. The molecule has 3 heterocycles. The Hall–Kier alpha value is -3.54. The first-order valence-corrected chi connectivity index (χ1v) is 9.01. The molecular weight excluding hydrogens is 382 g/mol. The minimum Gasteiger partial charge on any atom is -0.351 e. The first-order valence-electron chi connectivity index (χ1n) is 8.19. The number of aldehydes is 1. The normalized spacial score (nSPS) is 11.2. The van der Waals surface area contributed by atoms with Crippen molar-refractivity contribution in [3.05, 3.63) is 34.2 Å². The summed E-state index contributed by atoms with van der Waals surface area (Å²) < 4.78 is 2.58. The summed E-state index contributed by atoms with van der Waals surface area (Å²) in [6, 6.07) is 1.08. The summed E-state index contributed by atoms with van der Waals surface area (Å²) in [5, 5.41) is 23.3. The fourth-order valence-electron chi connectivity index (χ4n) is 2.67. The number of hydrogen-bond donors (Lipinski definition) is 4. The van der Waals surface area contributed by atoms with Crippen LogP contribution in [0.25, 0.3) is 10.3 Å². The summed E-state index contributed by atoms with van der Waals surface area (Å²) in [5.74, 6) is -0.0828. The van der Waals surface area contributed by atoms with E-state index in [1.54, 1.807) is 31.1 Å². The van der Waals surface area contributed by atoms with Gasteiger partial charge in [0.05, 0.1) is 23.2 Å². The summed E-state index contributed by atoms with van der Waals surface area (Å²) in [6.45, 7) is 0.0552. The quantitative estimate of drug-likeness (QED) is 0.198. The van der Waals surface area contributed by atoms with Gasteiger partial charge < -0.3 is 10.3 Å². The number of nitrogens with one attached hydrogen (secondary N) is 3. The van der Waals surface area contributed by atoms with E-state index in [1.165, 1.54) is 16.3 Å². The number of carbonyl (C=O) groups excluding carboxylic acids is 2. The number of amides is 2. The molecule has 11 nitrogen and oxygen atoms in total. The fraction of sp³-hybridized carbons (Fsp3) is 0.250. The second-order valence-electron chi connectivity index (χ2n) is 6.02. The third-order valence-corrected chi connectivity index (χ3v) is 4.99. The third kappa shape index (κ3) is 4.06. The van der Waals surface area contributed by atoms with Gasteiger partial charge in [-0.25, -0.2) is 9.78 Å². The van der Waals surface area contributed by atoms with Crippen LogP contribution in [0.1, 0.15) is 26.8 Å². The highest BCUT2D eigenvalue weighted by Crippen LogP contribution is 2.30. The number of amidine groups is 1. The van der Waals surface area contributed by atoms with E-state index in [9.17, 15) is 9.59 Å².